The van der Waals surface area contributed by atoms with Gasteiger partial charge in [-0.3, -0.25) is 9.59 Å². The quantitative estimate of drug-likeness (QED) is 0.357. The zero-order valence-corrected chi connectivity index (χ0v) is 16.3. The summed E-state index contributed by atoms with van der Waals surface area (Å²) < 4.78 is 1.80. The Morgan fingerprint density at radius 1 is 0.680 bits per heavy atom. The van der Waals surface area contributed by atoms with Crippen LogP contribution in [0.3, 0.4) is 0 Å². The van der Waals surface area contributed by atoms with Crippen molar-refractivity contribution in [2.24, 2.45) is 0 Å². The maximum Gasteiger partial charge on any atom is 0.187 e. The minimum atomic E-state index is -0.0123. The molecule has 2 nitrogen and oxygen atoms in total. The van der Waals surface area contributed by atoms with Gasteiger partial charge in [-0.15, -0.1) is 0 Å². The SMILES string of the molecule is Cc1ccc(C(=O)/C=C2/SS/C(=C/C(=O)c3ccc(C)cc3)S2)cc1. The number of aryl methyl sites for hydroxylation is 2. The highest BCUT2D eigenvalue weighted by Crippen LogP contribution is 2.56. The molecule has 0 radical (unpaired) electrons. The zero-order chi connectivity index (χ0) is 17.8. The Hall–Kier alpha value is -1.69. The molecule has 1 aliphatic rings. The first-order valence-electron chi connectivity index (χ1n) is 7.69. The Kier molecular flexibility index (Phi) is 5.89. The standard InChI is InChI=1S/C20H16O2S3/c1-13-3-7-15(8-4-13)17(21)11-19-23-20(25-24-19)12-18(22)16-9-5-14(2)6-10-16/h3-12H,1-2H3/b19-11+,20-12+. The third-order valence-electron chi connectivity index (χ3n) is 3.58. The summed E-state index contributed by atoms with van der Waals surface area (Å²) in [5, 5.41) is 0. The molecule has 0 spiro atoms. The molecule has 1 fully saturated rings. The largest absolute Gasteiger partial charge is 0.289 e. The van der Waals surface area contributed by atoms with Gasteiger partial charge in [0, 0.05) is 23.3 Å². The molecule has 126 valence electrons. The molecule has 3 rings (SSSR count). The van der Waals surface area contributed by atoms with Crippen molar-refractivity contribution in [3.8, 4) is 0 Å². The number of thioether (sulfide) groups is 1. The Balaban J connectivity index is 1.68. The summed E-state index contributed by atoms with van der Waals surface area (Å²) in [7, 11) is 3.03. The molecule has 0 aromatic heterocycles. The average molecular weight is 385 g/mol. The van der Waals surface area contributed by atoms with Crippen LogP contribution in [0.15, 0.2) is 69.2 Å². The number of rotatable bonds is 4. The molecule has 0 bridgehead atoms. The van der Waals surface area contributed by atoms with Gasteiger partial charge in [0.1, 0.15) is 0 Å². The van der Waals surface area contributed by atoms with Crippen LogP contribution in [0.2, 0.25) is 0 Å². The van der Waals surface area contributed by atoms with Crippen LogP contribution < -0.4 is 0 Å². The predicted molar refractivity (Wildman–Crippen MR) is 110 cm³/mol. The first-order chi connectivity index (χ1) is 12.0. The van der Waals surface area contributed by atoms with E-state index in [0.717, 1.165) is 19.6 Å². The molecule has 2 aromatic rings. The molecular formula is C20H16O2S3. The molecule has 1 aliphatic heterocycles. The Morgan fingerprint density at radius 3 is 1.40 bits per heavy atom. The molecule has 1 saturated heterocycles. The van der Waals surface area contributed by atoms with Gasteiger partial charge in [-0.1, -0.05) is 71.4 Å². The van der Waals surface area contributed by atoms with Gasteiger partial charge in [0.25, 0.3) is 0 Å². The lowest BCUT2D eigenvalue weighted by Gasteiger charge is -1.98. The van der Waals surface area contributed by atoms with E-state index in [1.165, 1.54) is 33.3 Å². The van der Waals surface area contributed by atoms with Crippen LogP contribution in [-0.4, -0.2) is 11.6 Å². The van der Waals surface area contributed by atoms with Crippen LogP contribution in [0.1, 0.15) is 31.8 Å². The number of carbonyl (C=O) groups excluding carboxylic acids is 2. The third-order valence-corrected chi connectivity index (χ3v) is 7.82. The zero-order valence-electron chi connectivity index (χ0n) is 13.8. The fourth-order valence-corrected chi connectivity index (χ4v) is 6.12. The van der Waals surface area contributed by atoms with E-state index < -0.39 is 0 Å². The normalized spacial score (nSPS) is 17.2. The first kappa shape index (κ1) is 18.1. The Labute approximate surface area is 159 Å². The van der Waals surface area contributed by atoms with Crippen molar-refractivity contribution in [1.82, 2.24) is 0 Å². The van der Waals surface area contributed by atoms with Gasteiger partial charge in [-0.2, -0.15) is 0 Å². The summed E-state index contributed by atoms with van der Waals surface area (Å²) in [6, 6.07) is 15.1. The van der Waals surface area contributed by atoms with Crippen molar-refractivity contribution < 1.29 is 9.59 Å². The van der Waals surface area contributed by atoms with Crippen LogP contribution >= 0.6 is 33.3 Å². The van der Waals surface area contributed by atoms with Gasteiger partial charge in [-0.25, -0.2) is 0 Å². The summed E-state index contributed by atoms with van der Waals surface area (Å²) in [5.41, 5.74) is 3.61. The van der Waals surface area contributed by atoms with Crippen molar-refractivity contribution in [2.45, 2.75) is 13.8 Å². The molecule has 2 aromatic carbocycles. The summed E-state index contributed by atoms with van der Waals surface area (Å²) in [6.45, 7) is 3.99. The molecule has 0 amide bonds. The minimum absolute atomic E-state index is 0.0123. The van der Waals surface area contributed by atoms with Crippen LogP contribution in [0.4, 0.5) is 0 Å². The van der Waals surface area contributed by atoms with E-state index >= 15 is 0 Å². The van der Waals surface area contributed by atoms with Crippen molar-refractivity contribution in [1.29, 1.82) is 0 Å². The van der Waals surface area contributed by atoms with E-state index in [1.54, 1.807) is 12.2 Å². The Bertz CT molecular complexity index is 789. The molecule has 0 N–H and O–H groups in total. The minimum Gasteiger partial charge on any atom is -0.289 e. The van der Waals surface area contributed by atoms with Gasteiger partial charge < -0.3 is 0 Å². The smallest absolute Gasteiger partial charge is 0.187 e. The maximum absolute atomic E-state index is 12.3. The molecule has 0 aliphatic carbocycles. The second kappa shape index (κ2) is 8.13. The van der Waals surface area contributed by atoms with Crippen molar-refractivity contribution in [3.05, 3.63) is 91.4 Å². The lowest BCUT2D eigenvalue weighted by molar-refractivity contribution is 0.103. The number of ketones is 2. The number of allylic oxidation sites excluding steroid dienone is 2. The topological polar surface area (TPSA) is 34.1 Å². The van der Waals surface area contributed by atoms with E-state index in [4.69, 9.17) is 0 Å². The van der Waals surface area contributed by atoms with Crippen LogP contribution in [0, 0.1) is 13.8 Å². The third kappa shape index (κ3) is 4.91. The van der Waals surface area contributed by atoms with Crippen LogP contribution in [0.25, 0.3) is 0 Å². The van der Waals surface area contributed by atoms with Crippen molar-refractivity contribution in [3.63, 3.8) is 0 Å². The number of hydrogen-bond acceptors (Lipinski definition) is 5. The molecule has 25 heavy (non-hydrogen) atoms. The van der Waals surface area contributed by atoms with E-state index in [-0.39, 0.29) is 11.6 Å². The maximum atomic E-state index is 12.3. The molecule has 1 heterocycles. The van der Waals surface area contributed by atoms with E-state index in [0.29, 0.717) is 11.1 Å². The molecule has 0 saturated carbocycles. The van der Waals surface area contributed by atoms with Gasteiger partial charge in [-0.05, 0) is 35.4 Å². The molecule has 5 heteroatoms. The number of benzene rings is 2. The molecule has 0 atom stereocenters. The molecular weight excluding hydrogens is 368 g/mol. The molecule has 0 unspecified atom stereocenters. The fraction of sp³-hybridized carbons (Fsp3) is 0.100. The highest BCUT2D eigenvalue weighted by Gasteiger charge is 2.19. The van der Waals surface area contributed by atoms with Crippen LogP contribution in [-0.2, 0) is 0 Å². The summed E-state index contributed by atoms with van der Waals surface area (Å²) in [4.78, 5) is 24.6. The van der Waals surface area contributed by atoms with Gasteiger partial charge in [0.2, 0.25) is 0 Å². The highest BCUT2D eigenvalue weighted by atomic mass is 33.1. The number of hydrogen-bond donors (Lipinski definition) is 0. The predicted octanol–water partition coefficient (Wildman–Crippen LogP) is 6.18. The summed E-state index contributed by atoms with van der Waals surface area (Å²) in [6.07, 6.45) is 3.29. The lowest BCUT2D eigenvalue weighted by atomic mass is 10.1. The van der Waals surface area contributed by atoms with Crippen molar-refractivity contribution in [2.75, 3.05) is 0 Å². The lowest BCUT2D eigenvalue weighted by Crippen LogP contribution is -1.94. The number of carbonyl (C=O) groups is 2. The van der Waals surface area contributed by atoms with Gasteiger partial charge >= 0.3 is 0 Å². The van der Waals surface area contributed by atoms with Crippen molar-refractivity contribution >= 4 is 44.9 Å². The monoisotopic (exact) mass is 384 g/mol. The van der Waals surface area contributed by atoms with E-state index in [2.05, 4.69) is 0 Å². The first-order valence-corrected chi connectivity index (χ1v) is 10.7. The summed E-state index contributed by atoms with van der Waals surface area (Å²) >= 11 is 1.47. The van der Waals surface area contributed by atoms with Gasteiger partial charge in [0.05, 0.1) is 8.47 Å². The van der Waals surface area contributed by atoms with Crippen LogP contribution in [0.5, 0.6) is 0 Å². The average Bonchev–Trinajstić information content (AvgIpc) is 3.02. The second-order valence-electron chi connectivity index (χ2n) is 5.66. The summed E-state index contributed by atoms with van der Waals surface area (Å²) in [5.74, 6) is -0.0246. The highest BCUT2D eigenvalue weighted by molar-refractivity contribution is 8.86. The van der Waals surface area contributed by atoms with Gasteiger partial charge in [0.15, 0.2) is 11.6 Å². The Morgan fingerprint density at radius 2 is 1.04 bits per heavy atom. The second-order valence-corrected chi connectivity index (χ2v) is 9.47. The fourth-order valence-electron chi connectivity index (χ4n) is 2.14. The van der Waals surface area contributed by atoms with E-state index in [1.807, 2.05) is 62.4 Å². The van der Waals surface area contributed by atoms with E-state index in [9.17, 15) is 9.59 Å².